The molecule has 1 aliphatic rings. The molecule has 0 bridgehead atoms. The van der Waals surface area contributed by atoms with Gasteiger partial charge in [-0.1, -0.05) is 115 Å². The number of carboxylic acids is 1. The first kappa shape index (κ1) is 36.0. The molecule has 1 heterocycles. The van der Waals surface area contributed by atoms with Crippen LogP contribution < -0.4 is 16.0 Å². The second-order valence-corrected chi connectivity index (χ2v) is 15.6. The smallest absolute Gasteiger partial charge is 0.326 e. The molecule has 4 N–H and O–H groups in total. The Morgan fingerprint density at radius 2 is 1.70 bits per heavy atom. The number of carboxylic acid groups (broad SMARTS) is 1. The summed E-state index contributed by atoms with van der Waals surface area (Å²) in [5.74, 6) is -2.77. The maximum absolute atomic E-state index is 14.4. The normalized spacial score (nSPS) is 16.0. The predicted molar refractivity (Wildman–Crippen MR) is 190 cm³/mol. The molecule has 1 aliphatic heterocycles. The molecule has 0 spiro atoms. The molecule has 3 aromatic rings. The Labute approximate surface area is 287 Å². The number of rotatable bonds is 12. The fraction of sp³-hybridized carbons (Fsp3) is 0.324. The number of fused-ring (bicyclic) bond motifs is 1. The van der Waals surface area contributed by atoms with Crippen LogP contribution in [0, 0.1) is 0 Å². The van der Waals surface area contributed by atoms with Gasteiger partial charge in [-0.15, -0.1) is 0 Å². The summed E-state index contributed by atoms with van der Waals surface area (Å²) in [4.78, 5) is 60.8. The minimum absolute atomic E-state index is 0.0413. The van der Waals surface area contributed by atoms with E-state index in [1.165, 1.54) is 27.6 Å². The van der Waals surface area contributed by atoms with Gasteiger partial charge in [0.05, 0.1) is 17.4 Å². The molecule has 3 amide bonds. The number of anilines is 1. The molecule has 4 rings (SSSR count). The lowest BCUT2D eigenvalue weighted by atomic mass is 10.00. The second-order valence-electron chi connectivity index (χ2n) is 12.0. The van der Waals surface area contributed by atoms with Gasteiger partial charge in [-0.2, -0.15) is 0 Å². The van der Waals surface area contributed by atoms with E-state index in [4.69, 9.17) is 22.3 Å². The van der Waals surface area contributed by atoms with Gasteiger partial charge in [0.15, 0.2) is 0 Å². The van der Waals surface area contributed by atoms with E-state index >= 15 is 0 Å². The lowest BCUT2D eigenvalue weighted by Gasteiger charge is -2.30. The van der Waals surface area contributed by atoms with Crippen LogP contribution in [0.2, 0.25) is 5.02 Å². The number of hydrogen-bond acceptors (Lipinski definition) is 8. The highest BCUT2D eigenvalue weighted by Crippen LogP contribution is 2.35. The van der Waals surface area contributed by atoms with Crippen LogP contribution in [0.15, 0.2) is 83.9 Å². The number of carbonyl (C=O) groups is 4. The maximum atomic E-state index is 14.4. The van der Waals surface area contributed by atoms with Crippen molar-refractivity contribution >= 4 is 68.3 Å². The number of nitrogens with two attached hydrogens (primary N) is 1. The van der Waals surface area contributed by atoms with Gasteiger partial charge in [-0.3, -0.25) is 19.3 Å². The average Bonchev–Trinajstić information content (AvgIpc) is 3.14. The number of carbonyl (C=O) groups excluding carboxylic acids is 3. The minimum Gasteiger partial charge on any atom is -0.480 e. The third-order valence-electron chi connectivity index (χ3n) is 7.10. The third-order valence-corrected chi connectivity index (χ3v) is 10.7. The molecule has 0 radical (unpaired) electrons. The molecular weight excluding hydrogens is 658 g/mol. The third kappa shape index (κ3) is 9.60. The van der Waals surface area contributed by atoms with Crippen LogP contribution in [-0.2, 0) is 25.6 Å². The van der Waals surface area contributed by atoms with E-state index in [9.17, 15) is 24.3 Å². The number of benzodiazepines with no additional fused rings is 1. The molecule has 0 fully saturated rings. The first-order valence-corrected chi connectivity index (χ1v) is 17.6. The van der Waals surface area contributed by atoms with Crippen molar-refractivity contribution in [3.8, 4) is 0 Å². The number of aliphatic carboxylic acids is 1. The SMILES string of the molecule is CN(C(=O)C(N)CSSC(C)(C)C)C1N=C(c2ccccc2)c2cc(Cl)ccc2N(CC(=O)N[C@@H](Cc2ccccc2)C(=O)O)C1=O. The van der Waals surface area contributed by atoms with Crippen molar-refractivity contribution in [2.24, 2.45) is 10.7 Å². The fourth-order valence-electron chi connectivity index (χ4n) is 4.85. The largest absolute Gasteiger partial charge is 0.480 e. The Morgan fingerprint density at radius 1 is 1.06 bits per heavy atom. The van der Waals surface area contributed by atoms with E-state index in [0.29, 0.717) is 33.3 Å². The Hall–Kier alpha value is -3.84. The highest BCUT2D eigenvalue weighted by Gasteiger charge is 2.38. The van der Waals surface area contributed by atoms with Gasteiger partial charge in [0.25, 0.3) is 5.91 Å². The lowest BCUT2D eigenvalue weighted by molar-refractivity contribution is -0.141. The highest BCUT2D eigenvalue weighted by molar-refractivity contribution is 8.77. The molecule has 2 unspecified atom stereocenters. The number of amides is 3. The van der Waals surface area contributed by atoms with Gasteiger partial charge in [-0.25, -0.2) is 9.79 Å². The van der Waals surface area contributed by atoms with E-state index in [-0.39, 0.29) is 11.2 Å². The van der Waals surface area contributed by atoms with Gasteiger partial charge in [0.2, 0.25) is 18.0 Å². The summed E-state index contributed by atoms with van der Waals surface area (Å²) in [6.07, 6.45) is -1.34. The van der Waals surface area contributed by atoms with Gasteiger partial charge in [0.1, 0.15) is 12.6 Å². The van der Waals surface area contributed by atoms with E-state index in [0.717, 1.165) is 5.56 Å². The topological polar surface area (TPSA) is 145 Å². The van der Waals surface area contributed by atoms with E-state index in [1.54, 1.807) is 53.3 Å². The van der Waals surface area contributed by atoms with Crippen molar-refractivity contribution in [1.82, 2.24) is 10.2 Å². The van der Waals surface area contributed by atoms with Crippen LogP contribution in [0.3, 0.4) is 0 Å². The Morgan fingerprint density at radius 3 is 2.32 bits per heavy atom. The number of likely N-dealkylation sites (N-methyl/N-ethyl adjacent to an activating group) is 1. The standard InChI is InChI=1S/C34H38ClN5O5S2/c1-34(2,3)47-46-20-25(36)31(42)39(4)30-32(43)40(19-28(41)37-26(33(44)45)17-21-11-7-5-8-12-21)27-16-15-23(35)18-24(27)29(38-30)22-13-9-6-10-14-22/h5-16,18,25-26,30H,17,19-20,36H2,1-4H3,(H,37,41)(H,44,45)/t25?,26-,30?/m0/s1. The van der Waals surface area contributed by atoms with Crippen LogP contribution in [0.4, 0.5) is 5.69 Å². The molecule has 0 saturated heterocycles. The molecule has 13 heteroatoms. The van der Waals surface area contributed by atoms with Crippen molar-refractivity contribution in [3.63, 3.8) is 0 Å². The van der Waals surface area contributed by atoms with Crippen LogP contribution in [0.5, 0.6) is 0 Å². The Kier molecular flexibility index (Phi) is 12.1. The molecule has 10 nitrogen and oxygen atoms in total. The van der Waals surface area contributed by atoms with Crippen LogP contribution >= 0.6 is 33.2 Å². The van der Waals surface area contributed by atoms with Gasteiger partial charge < -0.3 is 21.1 Å². The summed E-state index contributed by atoms with van der Waals surface area (Å²) >= 11 is 6.44. The van der Waals surface area contributed by atoms with Crippen LogP contribution in [0.25, 0.3) is 0 Å². The summed E-state index contributed by atoms with van der Waals surface area (Å²) in [7, 11) is 4.53. The zero-order chi connectivity index (χ0) is 34.3. The van der Waals surface area contributed by atoms with Crippen molar-refractivity contribution in [3.05, 3.63) is 101 Å². The molecule has 0 saturated carbocycles. The summed E-state index contributed by atoms with van der Waals surface area (Å²) in [6.45, 7) is 5.64. The fourth-order valence-corrected chi connectivity index (χ4v) is 7.44. The van der Waals surface area contributed by atoms with E-state index in [1.807, 2.05) is 36.4 Å². The number of benzene rings is 3. The summed E-state index contributed by atoms with van der Waals surface area (Å²) < 4.78 is -0.0413. The summed E-state index contributed by atoms with van der Waals surface area (Å²) in [5.41, 5.74) is 8.89. The van der Waals surface area contributed by atoms with Crippen molar-refractivity contribution in [1.29, 1.82) is 0 Å². The van der Waals surface area contributed by atoms with Gasteiger partial charge in [0, 0.05) is 40.1 Å². The average molecular weight is 696 g/mol. The first-order chi connectivity index (χ1) is 22.2. The van der Waals surface area contributed by atoms with Crippen molar-refractivity contribution in [2.45, 2.75) is 50.2 Å². The van der Waals surface area contributed by atoms with E-state index in [2.05, 4.69) is 26.1 Å². The summed E-state index contributed by atoms with van der Waals surface area (Å²) in [6, 6.07) is 20.7. The van der Waals surface area contributed by atoms with Gasteiger partial charge >= 0.3 is 5.97 Å². The Balaban J connectivity index is 1.70. The van der Waals surface area contributed by atoms with Crippen LogP contribution in [-0.4, -0.2) is 81.8 Å². The van der Waals surface area contributed by atoms with E-state index < -0.39 is 48.5 Å². The maximum Gasteiger partial charge on any atom is 0.326 e. The van der Waals surface area contributed by atoms with Crippen molar-refractivity contribution < 1.29 is 24.3 Å². The molecule has 47 heavy (non-hydrogen) atoms. The highest BCUT2D eigenvalue weighted by atomic mass is 35.5. The zero-order valence-corrected chi connectivity index (χ0v) is 28.9. The molecular formula is C34H38ClN5O5S2. The first-order valence-electron chi connectivity index (χ1n) is 14.9. The predicted octanol–water partition coefficient (Wildman–Crippen LogP) is 4.63. The van der Waals surface area contributed by atoms with Crippen LogP contribution in [0.1, 0.15) is 37.5 Å². The second kappa shape index (κ2) is 15.8. The Bertz CT molecular complexity index is 1630. The molecule has 3 aromatic carbocycles. The number of aliphatic imine (C=N–C) groups is 1. The number of halogens is 1. The number of nitrogens with one attached hydrogen (secondary N) is 1. The summed E-state index contributed by atoms with van der Waals surface area (Å²) in [5, 5.41) is 12.8. The minimum atomic E-state index is -1.39. The quantitative estimate of drug-likeness (QED) is 0.233. The molecule has 3 atom stereocenters. The number of nitrogens with zero attached hydrogens (tertiary/aromatic N) is 3. The zero-order valence-electron chi connectivity index (χ0n) is 26.6. The number of hydrogen-bond donors (Lipinski definition) is 3. The molecule has 0 aliphatic carbocycles. The molecule has 0 aromatic heterocycles. The van der Waals surface area contributed by atoms with Crippen molar-refractivity contribution in [2.75, 3.05) is 24.2 Å². The van der Waals surface area contributed by atoms with Gasteiger partial charge in [-0.05, 0) is 23.8 Å². The monoisotopic (exact) mass is 695 g/mol. The lowest BCUT2D eigenvalue weighted by Crippen LogP contribution is -2.55. The molecule has 248 valence electrons.